The van der Waals surface area contributed by atoms with Crippen LogP contribution in [0.15, 0.2) is 0 Å². The maximum absolute atomic E-state index is 12.0. The lowest BCUT2D eigenvalue weighted by molar-refractivity contribution is -0.217. The van der Waals surface area contributed by atoms with Gasteiger partial charge in [0.2, 0.25) is 0 Å². The lowest BCUT2D eigenvalue weighted by Crippen LogP contribution is -2.90. The minimum atomic E-state index is -1.42. The molecule has 0 saturated heterocycles. The van der Waals surface area contributed by atoms with E-state index in [4.69, 9.17) is 55.9 Å². The van der Waals surface area contributed by atoms with Crippen LogP contribution in [-0.2, 0) is 19.1 Å². The van der Waals surface area contributed by atoms with Crippen LogP contribution in [0, 0.1) is 10.8 Å². The molecule has 2 aliphatic rings. The summed E-state index contributed by atoms with van der Waals surface area (Å²) >= 11 is 24.4. The zero-order chi connectivity index (χ0) is 13.9. The van der Waals surface area contributed by atoms with Gasteiger partial charge in [-0.25, -0.2) is 0 Å². The summed E-state index contributed by atoms with van der Waals surface area (Å²) in [6.45, 7) is 0. The van der Waals surface area contributed by atoms with E-state index in [1.54, 1.807) is 0 Å². The first kappa shape index (κ1) is 14.5. The van der Waals surface area contributed by atoms with E-state index in [2.05, 4.69) is 0 Å². The molecule has 4 atom stereocenters. The second-order valence-corrected chi connectivity index (χ2v) is 6.21. The van der Waals surface area contributed by atoms with Gasteiger partial charge in [0.25, 0.3) is 0 Å². The van der Waals surface area contributed by atoms with Crippen LogP contribution in [0.25, 0.3) is 0 Å². The van der Waals surface area contributed by atoms with E-state index in [0.717, 1.165) is 0 Å². The molecular weight excluding hydrogens is 326 g/mol. The van der Waals surface area contributed by atoms with Crippen molar-refractivity contribution < 1.29 is 19.1 Å². The minimum absolute atomic E-state index is 0.693. The van der Waals surface area contributed by atoms with E-state index in [1.165, 1.54) is 14.2 Å². The van der Waals surface area contributed by atoms with Crippen molar-refractivity contribution in [2.75, 3.05) is 14.2 Å². The van der Waals surface area contributed by atoms with Crippen LogP contribution < -0.4 is 0 Å². The molecule has 102 valence electrons. The molecule has 0 aromatic rings. The lowest BCUT2D eigenvalue weighted by atomic mass is 9.36. The normalized spacial score (nSPS) is 49.4. The number of halogens is 4. The Morgan fingerprint density at radius 2 is 1.00 bits per heavy atom. The van der Waals surface area contributed by atoms with Gasteiger partial charge < -0.3 is 9.47 Å². The van der Waals surface area contributed by atoms with Crippen LogP contribution in [0.4, 0.5) is 0 Å². The van der Waals surface area contributed by atoms with E-state index in [1.807, 2.05) is 0 Å². The molecule has 2 rings (SSSR count). The topological polar surface area (TPSA) is 52.6 Å². The van der Waals surface area contributed by atoms with Gasteiger partial charge in [-0.3, -0.25) is 9.59 Å². The Balaban J connectivity index is 2.54. The summed E-state index contributed by atoms with van der Waals surface area (Å²) in [5.41, 5.74) is -2.84. The molecule has 4 unspecified atom stereocenters. The van der Waals surface area contributed by atoms with Gasteiger partial charge in [0, 0.05) is 0 Å². The van der Waals surface area contributed by atoms with Crippen molar-refractivity contribution in [1.29, 1.82) is 0 Å². The predicted molar refractivity (Wildman–Crippen MR) is 67.5 cm³/mol. The van der Waals surface area contributed by atoms with Gasteiger partial charge in [-0.2, -0.15) is 0 Å². The molecule has 0 amide bonds. The van der Waals surface area contributed by atoms with Gasteiger partial charge >= 0.3 is 11.9 Å². The number of ether oxygens (including phenoxy) is 2. The first-order valence-corrected chi connectivity index (χ1v) is 6.82. The maximum Gasteiger partial charge on any atom is 0.316 e. The van der Waals surface area contributed by atoms with E-state index < -0.39 is 44.3 Å². The first-order valence-electron chi connectivity index (χ1n) is 5.08. The van der Waals surface area contributed by atoms with E-state index in [-0.39, 0.29) is 0 Å². The average Bonchev–Trinajstić information content (AvgIpc) is 2.39. The number of alkyl halides is 4. The number of methoxy groups -OCH3 is 2. The van der Waals surface area contributed by atoms with Gasteiger partial charge in [0.1, 0.15) is 10.8 Å². The maximum atomic E-state index is 12.0. The summed E-state index contributed by atoms with van der Waals surface area (Å²) in [4.78, 5) is 24.0. The van der Waals surface area contributed by atoms with E-state index in [0.29, 0.717) is 0 Å². The quantitative estimate of drug-likeness (QED) is 0.570. The molecule has 0 aliphatic heterocycles. The van der Waals surface area contributed by atoms with Crippen LogP contribution in [0.5, 0.6) is 0 Å². The summed E-state index contributed by atoms with van der Waals surface area (Å²) in [6, 6.07) is 0. The Morgan fingerprint density at radius 1 is 0.778 bits per heavy atom. The van der Waals surface area contributed by atoms with Gasteiger partial charge in [-0.05, 0) is 0 Å². The summed E-state index contributed by atoms with van der Waals surface area (Å²) < 4.78 is 9.41. The zero-order valence-corrected chi connectivity index (χ0v) is 12.5. The van der Waals surface area contributed by atoms with Crippen LogP contribution in [0.2, 0.25) is 0 Å². The van der Waals surface area contributed by atoms with Crippen molar-refractivity contribution in [2.24, 2.45) is 10.8 Å². The molecule has 0 radical (unpaired) electrons. The van der Waals surface area contributed by atoms with Crippen LogP contribution >= 0.6 is 46.4 Å². The molecule has 0 N–H and O–H groups in total. The van der Waals surface area contributed by atoms with Crippen LogP contribution in [-0.4, -0.2) is 47.7 Å². The van der Waals surface area contributed by atoms with Gasteiger partial charge in [-0.15, -0.1) is 46.4 Å². The molecule has 4 nitrogen and oxygen atoms in total. The Hall–Kier alpha value is 0.1000. The summed E-state index contributed by atoms with van der Waals surface area (Å²) in [6.07, 6.45) is 0. The van der Waals surface area contributed by atoms with E-state index >= 15 is 0 Å². The van der Waals surface area contributed by atoms with Gasteiger partial charge in [0.05, 0.1) is 35.7 Å². The second kappa shape index (κ2) is 4.30. The molecule has 0 aromatic heterocycles. The fraction of sp³-hybridized carbons (Fsp3) is 0.800. The molecule has 2 aliphatic carbocycles. The highest BCUT2D eigenvalue weighted by Crippen LogP contribution is 2.77. The Bertz CT molecular complexity index is 359. The molecule has 18 heavy (non-hydrogen) atoms. The van der Waals surface area contributed by atoms with Crippen molar-refractivity contribution in [3.63, 3.8) is 0 Å². The SMILES string of the molecule is COC(=O)C12C(Cl)C(Cl)C1(C(=O)OC)C(Cl)C2Cl. The summed E-state index contributed by atoms with van der Waals surface area (Å²) in [5.74, 6) is -1.39. The first-order chi connectivity index (χ1) is 8.34. The number of esters is 2. The fourth-order valence-electron chi connectivity index (χ4n) is 3.07. The highest BCUT2D eigenvalue weighted by Gasteiger charge is 2.92. The largest absolute Gasteiger partial charge is 0.468 e. The number of hydrogen-bond acceptors (Lipinski definition) is 4. The molecule has 0 spiro atoms. The average molecular weight is 336 g/mol. The molecule has 0 aromatic carbocycles. The fourth-order valence-corrected chi connectivity index (χ4v) is 5.62. The monoisotopic (exact) mass is 334 g/mol. The molecule has 0 heterocycles. The number of rotatable bonds is 2. The van der Waals surface area contributed by atoms with Crippen molar-refractivity contribution in [3.05, 3.63) is 0 Å². The highest BCUT2D eigenvalue weighted by molar-refractivity contribution is 6.43. The van der Waals surface area contributed by atoms with Crippen molar-refractivity contribution >= 4 is 58.3 Å². The Kier molecular flexibility index (Phi) is 3.47. The molecule has 2 fully saturated rings. The van der Waals surface area contributed by atoms with E-state index in [9.17, 15) is 9.59 Å². The van der Waals surface area contributed by atoms with Crippen molar-refractivity contribution in [1.82, 2.24) is 0 Å². The third-order valence-corrected chi connectivity index (χ3v) is 6.63. The third-order valence-electron chi connectivity index (χ3n) is 3.98. The highest BCUT2D eigenvalue weighted by atomic mass is 35.5. The number of hydrogen-bond donors (Lipinski definition) is 0. The third kappa shape index (κ3) is 1.13. The van der Waals surface area contributed by atoms with Crippen molar-refractivity contribution in [3.8, 4) is 0 Å². The zero-order valence-electron chi connectivity index (χ0n) is 9.45. The standard InChI is InChI=1S/C10H10Cl4O4/c1-17-7(15)9-3(11)5(13)10(9,8(16)18-2)6(14)4(9)12/h3-6H,1-2H3. The van der Waals surface area contributed by atoms with Crippen LogP contribution in [0.3, 0.4) is 0 Å². The Labute approximate surface area is 124 Å². The summed E-state index contributed by atoms with van der Waals surface area (Å²) in [5, 5.41) is -3.32. The number of fused-ring (bicyclic) bond motifs is 1. The number of carbonyl (C=O) groups excluding carboxylic acids is 2. The van der Waals surface area contributed by atoms with Crippen LogP contribution in [0.1, 0.15) is 0 Å². The second-order valence-electron chi connectivity index (χ2n) is 4.33. The van der Waals surface area contributed by atoms with Gasteiger partial charge in [-0.1, -0.05) is 0 Å². The summed E-state index contributed by atoms with van der Waals surface area (Å²) in [7, 11) is 2.38. The number of carbonyl (C=O) groups is 2. The predicted octanol–water partition coefficient (Wildman–Crippen LogP) is 1.76. The Morgan fingerprint density at radius 3 is 1.17 bits per heavy atom. The molecular formula is C10H10Cl4O4. The smallest absolute Gasteiger partial charge is 0.316 e. The van der Waals surface area contributed by atoms with Crippen molar-refractivity contribution in [2.45, 2.75) is 21.5 Å². The minimum Gasteiger partial charge on any atom is -0.468 e. The van der Waals surface area contributed by atoms with Gasteiger partial charge in [0.15, 0.2) is 0 Å². The molecule has 8 heteroatoms. The lowest BCUT2D eigenvalue weighted by Gasteiger charge is -2.72. The molecule has 0 bridgehead atoms. The molecule has 2 saturated carbocycles.